The van der Waals surface area contributed by atoms with E-state index in [1.165, 1.54) is 6.42 Å². The van der Waals surface area contributed by atoms with Gasteiger partial charge in [-0.15, -0.1) is 12.4 Å². The van der Waals surface area contributed by atoms with Crippen LogP contribution in [0.5, 0.6) is 0 Å². The molecule has 0 radical (unpaired) electrons. The highest BCUT2D eigenvalue weighted by Crippen LogP contribution is 2.38. The highest BCUT2D eigenvalue weighted by atomic mass is 35.5. The lowest BCUT2D eigenvalue weighted by Crippen LogP contribution is -2.35. The molecule has 1 aliphatic carbocycles. The predicted molar refractivity (Wildman–Crippen MR) is 87.9 cm³/mol. The fourth-order valence-electron chi connectivity index (χ4n) is 3.68. The SMILES string of the molecule is CC(C(=O)N1CC2CCC(N)C2C1)c1cccc(Cl)c1.Cl. The molecule has 116 valence electrons. The maximum absolute atomic E-state index is 12.6. The minimum atomic E-state index is -0.135. The molecule has 4 unspecified atom stereocenters. The molecule has 3 nitrogen and oxygen atoms in total. The third kappa shape index (κ3) is 3.20. The number of halogens is 2. The van der Waals surface area contributed by atoms with Crippen LogP contribution in [0.15, 0.2) is 24.3 Å². The maximum Gasteiger partial charge on any atom is 0.229 e. The van der Waals surface area contributed by atoms with E-state index in [0.29, 0.717) is 16.9 Å². The number of benzene rings is 1. The molecule has 1 heterocycles. The first-order chi connectivity index (χ1) is 9.56. The second-order valence-electron chi connectivity index (χ2n) is 6.19. The summed E-state index contributed by atoms with van der Waals surface area (Å²) in [6.45, 7) is 3.67. The van der Waals surface area contributed by atoms with Gasteiger partial charge in [0.05, 0.1) is 5.92 Å². The molecule has 5 heteroatoms. The van der Waals surface area contributed by atoms with Crippen molar-refractivity contribution in [3.8, 4) is 0 Å². The van der Waals surface area contributed by atoms with Crippen molar-refractivity contribution in [3.05, 3.63) is 34.9 Å². The average Bonchev–Trinajstić information content (AvgIpc) is 3.00. The van der Waals surface area contributed by atoms with E-state index in [9.17, 15) is 4.79 Å². The number of carbonyl (C=O) groups is 1. The van der Waals surface area contributed by atoms with Crippen LogP contribution in [0.1, 0.15) is 31.2 Å². The van der Waals surface area contributed by atoms with Gasteiger partial charge in [0.1, 0.15) is 0 Å². The topological polar surface area (TPSA) is 46.3 Å². The molecule has 1 saturated carbocycles. The number of nitrogens with zero attached hydrogens (tertiary/aromatic N) is 1. The van der Waals surface area contributed by atoms with E-state index >= 15 is 0 Å². The minimum absolute atomic E-state index is 0. The fourth-order valence-corrected chi connectivity index (χ4v) is 3.88. The van der Waals surface area contributed by atoms with Crippen LogP contribution in [0.2, 0.25) is 5.02 Å². The lowest BCUT2D eigenvalue weighted by molar-refractivity contribution is -0.131. The molecule has 0 aromatic heterocycles. The van der Waals surface area contributed by atoms with Crippen molar-refractivity contribution in [1.82, 2.24) is 4.90 Å². The molecule has 1 aliphatic heterocycles. The van der Waals surface area contributed by atoms with Gasteiger partial charge >= 0.3 is 0 Å². The van der Waals surface area contributed by atoms with Crippen molar-refractivity contribution in [3.63, 3.8) is 0 Å². The summed E-state index contributed by atoms with van der Waals surface area (Å²) in [7, 11) is 0. The van der Waals surface area contributed by atoms with E-state index in [4.69, 9.17) is 17.3 Å². The molecule has 1 amide bonds. The van der Waals surface area contributed by atoms with Crippen LogP contribution in [-0.4, -0.2) is 29.9 Å². The van der Waals surface area contributed by atoms with Gasteiger partial charge < -0.3 is 10.6 Å². The van der Waals surface area contributed by atoms with Crippen molar-refractivity contribution < 1.29 is 4.79 Å². The number of carbonyl (C=O) groups excluding carboxylic acids is 1. The van der Waals surface area contributed by atoms with Gasteiger partial charge in [0.25, 0.3) is 0 Å². The second-order valence-corrected chi connectivity index (χ2v) is 6.62. The molecular weight excluding hydrogens is 307 g/mol. The highest BCUT2D eigenvalue weighted by Gasteiger charge is 2.43. The largest absolute Gasteiger partial charge is 0.342 e. The van der Waals surface area contributed by atoms with Crippen LogP contribution in [-0.2, 0) is 4.79 Å². The Morgan fingerprint density at radius 1 is 1.38 bits per heavy atom. The normalized spacial score (nSPS) is 28.9. The summed E-state index contributed by atoms with van der Waals surface area (Å²) in [5, 5.41) is 0.683. The summed E-state index contributed by atoms with van der Waals surface area (Å²) in [5.74, 6) is 1.18. The summed E-state index contributed by atoms with van der Waals surface area (Å²) in [4.78, 5) is 14.6. The average molecular weight is 329 g/mol. The molecule has 0 bridgehead atoms. The predicted octanol–water partition coefficient (Wildman–Crippen LogP) is 3.06. The van der Waals surface area contributed by atoms with Gasteiger partial charge in [-0.25, -0.2) is 0 Å². The van der Waals surface area contributed by atoms with Gasteiger partial charge in [-0.3, -0.25) is 4.79 Å². The van der Waals surface area contributed by atoms with Crippen molar-refractivity contribution in [1.29, 1.82) is 0 Å². The van der Waals surface area contributed by atoms with Crippen molar-refractivity contribution in [2.75, 3.05) is 13.1 Å². The van der Waals surface area contributed by atoms with E-state index in [-0.39, 0.29) is 30.3 Å². The first kappa shape index (κ1) is 16.6. The van der Waals surface area contributed by atoms with E-state index in [1.54, 1.807) is 0 Å². The number of fused-ring (bicyclic) bond motifs is 1. The molecule has 1 aromatic rings. The molecule has 2 fully saturated rings. The maximum atomic E-state index is 12.6. The van der Waals surface area contributed by atoms with E-state index < -0.39 is 0 Å². The highest BCUT2D eigenvalue weighted by molar-refractivity contribution is 6.30. The Morgan fingerprint density at radius 2 is 2.14 bits per heavy atom. The Morgan fingerprint density at radius 3 is 2.81 bits per heavy atom. The van der Waals surface area contributed by atoms with Crippen molar-refractivity contribution in [2.24, 2.45) is 17.6 Å². The Hall–Kier alpha value is -0.770. The third-order valence-corrected chi connectivity index (χ3v) is 5.18. The zero-order chi connectivity index (χ0) is 14.3. The van der Waals surface area contributed by atoms with Crippen LogP contribution in [0.25, 0.3) is 0 Å². The fraction of sp³-hybridized carbons (Fsp3) is 0.562. The molecule has 2 aliphatic rings. The standard InChI is InChI=1S/C16H21ClN2O.ClH/c1-10(11-3-2-4-13(17)7-11)16(20)19-8-12-5-6-15(18)14(12)9-19;/h2-4,7,10,12,14-15H,5-6,8-9,18H2,1H3;1H. The molecule has 2 N–H and O–H groups in total. The van der Waals surface area contributed by atoms with Gasteiger partial charge in [-0.05, 0) is 49.3 Å². The summed E-state index contributed by atoms with van der Waals surface area (Å²) in [6, 6.07) is 7.86. The summed E-state index contributed by atoms with van der Waals surface area (Å²) < 4.78 is 0. The second kappa shape index (κ2) is 6.55. The van der Waals surface area contributed by atoms with Crippen LogP contribution < -0.4 is 5.73 Å². The Bertz CT molecular complexity index is 523. The summed E-state index contributed by atoms with van der Waals surface area (Å²) in [5.41, 5.74) is 7.12. The third-order valence-electron chi connectivity index (χ3n) is 4.94. The van der Waals surface area contributed by atoms with Crippen molar-refractivity contribution >= 4 is 29.9 Å². The van der Waals surface area contributed by atoms with E-state index in [2.05, 4.69) is 0 Å². The quantitative estimate of drug-likeness (QED) is 0.906. The Labute approximate surface area is 137 Å². The van der Waals surface area contributed by atoms with Crippen LogP contribution in [0.4, 0.5) is 0 Å². The molecule has 21 heavy (non-hydrogen) atoms. The van der Waals surface area contributed by atoms with Crippen LogP contribution >= 0.6 is 24.0 Å². The van der Waals surface area contributed by atoms with Crippen LogP contribution in [0.3, 0.4) is 0 Å². The van der Waals surface area contributed by atoms with E-state index in [1.807, 2.05) is 36.1 Å². The van der Waals surface area contributed by atoms with Crippen molar-refractivity contribution in [2.45, 2.75) is 31.7 Å². The smallest absolute Gasteiger partial charge is 0.229 e. The van der Waals surface area contributed by atoms with Crippen LogP contribution in [0, 0.1) is 11.8 Å². The Kier molecular flexibility index (Phi) is 5.18. The lowest BCUT2D eigenvalue weighted by atomic mass is 9.98. The lowest BCUT2D eigenvalue weighted by Gasteiger charge is -2.23. The van der Waals surface area contributed by atoms with Gasteiger partial charge in [-0.1, -0.05) is 23.7 Å². The number of rotatable bonds is 2. The van der Waals surface area contributed by atoms with Gasteiger partial charge in [-0.2, -0.15) is 0 Å². The molecule has 4 atom stereocenters. The van der Waals surface area contributed by atoms with Gasteiger partial charge in [0, 0.05) is 24.2 Å². The molecule has 3 rings (SSSR count). The zero-order valence-electron chi connectivity index (χ0n) is 12.2. The first-order valence-electron chi connectivity index (χ1n) is 7.36. The summed E-state index contributed by atoms with van der Waals surface area (Å²) >= 11 is 6.01. The first-order valence-corrected chi connectivity index (χ1v) is 7.74. The molecule has 0 spiro atoms. The molecule has 1 saturated heterocycles. The number of nitrogens with two attached hydrogens (primary N) is 1. The number of hydrogen-bond acceptors (Lipinski definition) is 2. The number of amides is 1. The molecular formula is C16H22Cl2N2O. The van der Waals surface area contributed by atoms with Gasteiger partial charge in [0.15, 0.2) is 0 Å². The van der Waals surface area contributed by atoms with E-state index in [0.717, 1.165) is 25.1 Å². The zero-order valence-corrected chi connectivity index (χ0v) is 13.7. The monoisotopic (exact) mass is 328 g/mol. The molecule has 1 aromatic carbocycles. The summed E-state index contributed by atoms with van der Waals surface area (Å²) in [6.07, 6.45) is 2.28. The van der Waals surface area contributed by atoms with Gasteiger partial charge in [0.2, 0.25) is 5.91 Å². The number of likely N-dealkylation sites (tertiary alicyclic amines) is 1. The number of hydrogen-bond donors (Lipinski definition) is 1. The Balaban J connectivity index is 0.00000161. The minimum Gasteiger partial charge on any atom is -0.342 e.